The number of aliphatic hydroxyl groups is 1. The van der Waals surface area contributed by atoms with Crippen LogP contribution in [0.3, 0.4) is 0 Å². The van der Waals surface area contributed by atoms with Crippen molar-refractivity contribution < 1.29 is 9.90 Å². The molecule has 0 aliphatic heterocycles. The molecule has 0 aliphatic rings. The van der Waals surface area contributed by atoms with Gasteiger partial charge in [0.15, 0.2) is 0 Å². The summed E-state index contributed by atoms with van der Waals surface area (Å²) in [4.78, 5) is 12.9. The van der Waals surface area contributed by atoms with E-state index in [0.717, 1.165) is 16.0 Å². The molecular formula is C18H19NO2S. The van der Waals surface area contributed by atoms with Crippen LogP contribution in [0.1, 0.15) is 17.2 Å². The SMILES string of the molecule is CSc1ccc(C(O)CNC(=O)C=Cc2ccccc2)cc1. The summed E-state index contributed by atoms with van der Waals surface area (Å²) in [7, 11) is 0. The van der Waals surface area contributed by atoms with Crippen LogP contribution < -0.4 is 5.32 Å². The van der Waals surface area contributed by atoms with E-state index in [1.807, 2.05) is 60.9 Å². The van der Waals surface area contributed by atoms with Gasteiger partial charge in [-0.15, -0.1) is 11.8 Å². The van der Waals surface area contributed by atoms with Crippen molar-refractivity contribution in [3.05, 3.63) is 71.8 Å². The third kappa shape index (κ3) is 5.06. The van der Waals surface area contributed by atoms with Crippen LogP contribution in [-0.4, -0.2) is 23.8 Å². The van der Waals surface area contributed by atoms with Gasteiger partial charge in [-0.1, -0.05) is 42.5 Å². The summed E-state index contributed by atoms with van der Waals surface area (Å²) >= 11 is 1.65. The van der Waals surface area contributed by atoms with Crippen molar-refractivity contribution >= 4 is 23.7 Å². The Bertz CT molecular complexity index is 623. The highest BCUT2D eigenvalue weighted by Gasteiger charge is 2.08. The minimum absolute atomic E-state index is 0.191. The smallest absolute Gasteiger partial charge is 0.244 e. The Kier molecular flexibility index (Phi) is 6.25. The van der Waals surface area contributed by atoms with Crippen LogP contribution in [0.4, 0.5) is 0 Å². The highest BCUT2D eigenvalue weighted by Crippen LogP contribution is 2.18. The molecule has 2 aromatic carbocycles. The fourth-order valence-corrected chi connectivity index (χ4v) is 2.34. The fraction of sp³-hybridized carbons (Fsp3) is 0.167. The van der Waals surface area contributed by atoms with Gasteiger partial charge < -0.3 is 10.4 Å². The summed E-state index contributed by atoms with van der Waals surface area (Å²) in [6, 6.07) is 17.3. The summed E-state index contributed by atoms with van der Waals surface area (Å²) in [5.41, 5.74) is 1.76. The molecule has 1 unspecified atom stereocenters. The predicted octanol–water partition coefficient (Wildman–Crippen LogP) is 3.27. The number of benzene rings is 2. The molecule has 1 amide bonds. The third-order valence-electron chi connectivity index (χ3n) is 3.20. The van der Waals surface area contributed by atoms with Gasteiger partial charge in [0.05, 0.1) is 6.10 Å². The van der Waals surface area contributed by atoms with Crippen molar-refractivity contribution in [2.45, 2.75) is 11.0 Å². The first-order valence-corrected chi connectivity index (χ1v) is 8.24. The number of thioether (sulfide) groups is 1. The van der Waals surface area contributed by atoms with Crippen molar-refractivity contribution in [1.82, 2.24) is 5.32 Å². The van der Waals surface area contributed by atoms with Gasteiger partial charge in [-0.3, -0.25) is 4.79 Å². The minimum Gasteiger partial charge on any atom is -0.387 e. The van der Waals surface area contributed by atoms with E-state index in [9.17, 15) is 9.90 Å². The first kappa shape index (κ1) is 16.3. The van der Waals surface area contributed by atoms with Gasteiger partial charge >= 0.3 is 0 Å². The molecule has 0 heterocycles. The second-order valence-electron chi connectivity index (χ2n) is 4.78. The predicted molar refractivity (Wildman–Crippen MR) is 91.7 cm³/mol. The van der Waals surface area contributed by atoms with Crippen LogP contribution in [0.15, 0.2) is 65.6 Å². The van der Waals surface area contributed by atoms with Crippen molar-refractivity contribution in [2.75, 3.05) is 12.8 Å². The average molecular weight is 313 g/mol. The maximum atomic E-state index is 11.7. The zero-order valence-corrected chi connectivity index (χ0v) is 13.2. The van der Waals surface area contributed by atoms with Crippen molar-refractivity contribution in [3.8, 4) is 0 Å². The van der Waals surface area contributed by atoms with Crippen molar-refractivity contribution in [3.63, 3.8) is 0 Å². The fourth-order valence-electron chi connectivity index (χ4n) is 1.94. The molecule has 0 aliphatic carbocycles. The molecule has 0 spiro atoms. The highest BCUT2D eigenvalue weighted by atomic mass is 32.2. The number of hydrogen-bond acceptors (Lipinski definition) is 3. The Morgan fingerprint density at radius 3 is 2.50 bits per heavy atom. The summed E-state index contributed by atoms with van der Waals surface area (Å²) in [6.45, 7) is 0.191. The van der Waals surface area contributed by atoms with Gasteiger partial charge in [-0.25, -0.2) is 0 Å². The molecule has 3 nitrogen and oxygen atoms in total. The molecule has 0 fully saturated rings. The van der Waals surface area contributed by atoms with E-state index < -0.39 is 6.10 Å². The van der Waals surface area contributed by atoms with E-state index in [-0.39, 0.29) is 12.5 Å². The molecule has 2 aromatic rings. The summed E-state index contributed by atoms with van der Waals surface area (Å²) in [6.07, 6.45) is 4.52. The zero-order valence-electron chi connectivity index (χ0n) is 12.4. The summed E-state index contributed by atoms with van der Waals surface area (Å²) < 4.78 is 0. The topological polar surface area (TPSA) is 49.3 Å². The Balaban J connectivity index is 1.83. The number of aliphatic hydroxyl groups excluding tert-OH is 1. The van der Waals surface area contributed by atoms with Crippen molar-refractivity contribution in [2.24, 2.45) is 0 Å². The van der Waals surface area contributed by atoms with Gasteiger partial charge in [0, 0.05) is 17.5 Å². The minimum atomic E-state index is -0.704. The Hall–Kier alpha value is -2.04. The summed E-state index contributed by atoms with van der Waals surface area (Å²) in [5, 5.41) is 12.8. The first-order valence-electron chi connectivity index (χ1n) is 7.02. The number of hydrogen-bond donors (Lipinski definition) is 2. The van der Waals surface area contributed by atoms with Crippen LogP contribution in [-0.2, 0) is 4.79 Å². The van der Waals surface area contributed by atoms with E-state index >= 15 is 0 Å². The van der Waals surface area contributed by atoms with Gasteiger partial charge in [-0.05, 0) is 35.6 Å². The molecular weight excluding hydrogens is 294 g/mol. The molecule has 0 radical (unpaired) electrons. The molecule has 0 aromatic heterocycles. The van der Waals surface area contributed by atoms with Crippen LogP contribution >= 0.6 is 11.8 Å². The molecule has 1 atom stereocenters. The first-order chi connectivity index (χ1) is 10.7. The van der Waals surface area contributed by atoms with E-state index in [2.05, 4.69) is 5.32 Å². The maximum absolute atomic E-state index is 11.7. The average Bonchev–Trinajstić information content (AvgIpc) is 2.58. The Labute approximate surface area is 135 Å². The van der Waals surface area contributed by atoms with Gasteiger partial charge in [0.2, 0.25) is 5.91 Å². The van der Waals surface area contributed by atoms with Crippen molar-refractivity contribution in [1.29, 1.82) is 0 Å². The van der Waals surface area contributed by atoms with E-state index in [4.69, 9.17) is 0 Å². The maximum Gasteiger partial charge on any atom is 0.244 e. The second-order valence-corrected chi connectivity index (χ2v) is 5.66. The highest BCUT2D eigenvalue weighted by molar-refractivity contribution is 7.98. The number of amides is 1. The van der Waals surface area contributed by atoms with E-state index in [1.165, 1.54) is 6.08 Å². The van der Waals surface area contributed by atoms with Crippen LogP contribution in [0, 0.1) is 0 Å². The standard InChI is InChI=1S/C18H19NO2S/c1-22-16-10-8-15(9-11-16)17(20)13-19-18(21)12-7-14-5-3-2-4-6-14/h2-12,17,20H,13H2,1H3,(H,19,21). The van der Waals surface area contributed by atoms with E-state index in [0.29, 0.717) is 0 Å². The Morgan fingerprint density at radius 2 is 1.86 bits per heavy atom. The number of nitrogens with one attached hydrogen (secondary N) is 1. The molecule has 0 bridgehead atoms. The lowest BCUT2D eigenvalue weighted by atomic mass is 10.1. The number of carbonyl (C=O) groups excluding carboxylic acids is 1. The monoisotopic (exact) mass is 313 g/mol. The summed E-state index contributed by atoms with van der Waals surface area (Å²) in [5.74, 6) is -0.219. The quantitative estimate of drug-likeness (QED) is 0.635. The van der Waals surface area contributed by atoms with Crippen LogP contribution in [0.5, 0.6) is 0 Å². The lowest BCUT2D eigenvalue weighted by Crippen LogP contribution is -2.26. The largest absolute Gasteiger partial charge is 0.387 e. The lowest BCUT2D eigenvalue weighted by molar-refractivity contribution is -0.116. The molecule has 0 saturated carbocycles. The lowest BCUT2D eigenvalue weighted by Gasteiger charge is -2.11. The van der Waals surface area contributed by atoms with Gasteiger partial charge in [0.1, 0.15) is 0 Å². The number of rotatable bonds is 6. The molecule has 2 N–H and O–H groups in total. The third-order valence-corrected chi connectivity index (χ3v) is 3.94. The zero-order chi connectivity index (χ0) is 15.8. The second kappa shape index (κ2) is 8.41. The normalized spacial score (nSPS) is 12.3. The van der Waals surface area contributed by atoms with Gasteiger partial charge in [0.25, 0.3) is 0 Å². The molecule has 22 heavy (non-hydrogen) atoms. The van der Waals surface area contributed by atoms with Crippen LogP contribution in [0.25, 0.3) is 6.08 Å². The molecule has 0 saturated heterocycles. The Morgan fingerprint density at radius 1 is 1.18 bits per heavy atom. The van der Waals surface area contributed by atoms with E-state index in [1.54, 1.807) is 17.8 Å². The van der Waals surface area contributed by atoms with Gasteiger partial charge in [-0.2, -0.15) is 0 Å². The molecule has 2 rings (SSSR count). The molecule has 4 heteroatoms. The molecule has 114 valence electrons. The number of carbonyl (C=O) groups is 1. The van der Waals surface area contributed by atoms with Crippen LogP contribution in [0.2, 0.25) is 0 Å².